The van der Waals surface area contributed by atoms with E-state index in [0.29, 0.717) is 13.1 Å². The van der Waals surface area contributed by atoms with E-state index >= 15 is 0 Å². The predicted octanol–water partition coefficient (Wildman–Crippen LogP) is 3.61. The Morgan fingerprint density at radius 1 is 0.846 bits per heavy atom. The summed E-state index contributed by atoms with van der Waals surface area (Å²) in [7, 11) is 0. The summed E-state index contributed by atoms with van der Waals surface area (Å²) < 4.78 is 12.3. The number of hydrogen-bond acceptors (Lipinski definition) is 5. The number of nitrogens with zero attached hydrogens (tertiary/aromatic N) is 1. The molecule has 0 aliphatic heterocycles. The van der Waals surface area contributed by atoms with Gasteiger partial charge in [-0.25, -0.2) is 0 Å². The summed E-state index contributed by atoms with van der Waals surface area (Å²) in [5.74, 6) is 0. The van der Waals surface area contributed by atoms with Crippen molar-refractivity contribution in [3.05, 3.63) is 28.7 Å². The Labute approximate surface area is 166 Å². The number of rotatable bonds is 9. The minimum absolute atomic E-state index is 0.241. The molecule has 2 unspecified atom stereocenters. The Bertz CT molecular complexity index is 496. The van der Waals surface area contributed by atoms with Crippen molar-refractivity contribution in [3.63, 3.8) is 0 Å². The van der Waals surface area contributed by atoms with Gasteiger partial charge in [0.25, 0.3) is 0 Å². The highest BCUT2D eigenvalue weighted by Crippen LogP contribution is 2.20. The molecule has 0 fully saturated rings. The first kappa shape index (κ1) is 23.4. The highest BCUT2D eigenvalue weighted by molar-refractivity contribution is 9.10. The fourth-order valence-electron chi connectivity index (χ4n) is 2.24. The van der Waals surface area contributed by atoms with Gasteiger partial charge in [-0.1, -0.05) is 15.9 Å². The van der Waals surface area contributed by atoms with Gasteiger partial charge in [0.1, 0.15) is 0 Å². The first-order valence-electron chi connectivity index (χ1n) is 9.00. The van der Waals surface area contributed by atoms with Gasteiger partial charge in [0.2, 0.25) is 0 Å². The molecule has 0 bridgehead atoms. The van der Waals surface area contributed by atoms with Crippen LogP contribution in [0.15, 0.2) is 28.7 Å². The molecule has 1 aromatic rings. The van der Waals surface area contributed by atoms with E-state index in [2.05, 4.69) is 15.9 Å². The maximum Gasteiger partial charge on any atom is 0.0948 e. The molecule has 5 nitrogen and oxygen atoms in total. The molecule has 2 N–H and O–H groups in total. The lowest BCUT2D eigenvalue weighted by Crippen LogP contribution is -2.42. The Kier molecular flexibility index (Phi) is 9.03. The van der Waals surface area contributed by atoms with Crippen LogP contribution in [-0.4, -0.2) is 59.9 Å². The van der Waals surface area contributed by atoms with E-state index in [1.54, 1.807) is 0 Å². The van der Waals surface area contributed by atoms with Crippen LogP contribution >= 0.6 is 15.9 Å². The largest absolute Gasteiger partial charge is 0.389 e. The second kappa shape index (κ2) is 10.0. The van der Waals surface area contributed by atoms with Crippen LogP contribution in [0.5, 0.6) is 0 Å². The van der Waals surface area contributed by atoms with Crippen LogP contribution < -0.4 is 4.90 Å². The third kappa shape index (κ3) is 10.5. The number of benzene rings is 1. The fourth-order valence-corrected chi connectivity index (χ4v) is 2.51. The lowest BCUT2D eigenvalue weighted by Gasteiger charge is -2.31. The van der Waals surface area contributed by atoms with Gasteiger partial charge in [0.15, 0.2) is 0 Å². The molecule has 6 heteroatoms. The molecule has 0 aliphatic rings. The summed E-state index contributed by atoms with van der Waals surface area (Å²) in [6.45, 7) is 13.0. The summed E-state index contributed by atoms with van der Waals surface area (Å²) in [5, 5.41) is 20.8. The molecule has 0 saturated carbocycles. The molecule has 1 aromatic carbocycles. The Balaban J connectivity index is 2.74. The zero-order valence-corrected chi connectivity index (χ0v) is 18.4. The fraction of sp³-hybridized carbons (Fsp3) is 0.700. The first-order chi connectivity index (χ1) is 11.9. The summed E-state index contributed by atoms with van der Waals surface area (Å²) in [6.07, 6.45) is -1.32. The number of aliphatic hydroxyl groups is 2. The summed E-state index contributed by atoms with van der Waals surface area (Å²) in [4.78, 5) is 1.96. The minimum Gasteiger partial charge on any atom is -0.389 e. The second-order valence-electron chi connectivity index (χ2n) is 8.54. The molecule has 26 heavy (non-hydrogen) atoms. The molecular formula is C20H34BrNO4. The highest BCUT2D eigenvalue weighted by Gasteiger charge is 2.20. The summed E-state index contributed by atoms with van der Waals surface area (Å²) >= 11 is 3.43. The molecule has 0 heterocycles. The van der Waals surface area contributed by atoms with E-state index in [-0.39, 0.29) is 24.4 Å². The van der Waals surface area contributed by atoms with E-state index < -0.39 is 12.2 Å². The van der Waals surface area contributed by atoms with Gasteiger partial charge in [-0.05, 0) is 65.8 Å². The lowest BCUT2D eigenvalue weighted by molar-refractivity contribution is -0.0515. The molecule has 1 rings (SSSR count). The summed E-state index contributed by atoms with van der Waals surface area (Å²) in [5.41, 5.74) is 0.324. The average molecular weight is 432 g/mol. The SMILES string of the molecule is CC(C)(C)OCC(O)CN(CC(O)COC(C)(C)C)c1ccc(Br)cc1. The van der Waals surface area contributed by atoms with Gasteiger partial charge in [0, 0.05) is 23.2 Å². The van der Waals surface area contributed by atoms with Crippen molar-refractivity contribution in [1.29, 1.82) is 0 Å². The predicted molar refractivity (Wildman–Crippen MR) is 110 cm³/mol. The van der Waals surface area contributed by atoms with Gasteiger partial charge in [-0.3, -0.25) is 0 Å². The molecule has 0 saturated heterocycles. The van der Waals surface area contributed by atoms with Crippen molar-refractivity contribution < 1.29 is 19.7 Å². The number of hydrogen-bond donors (Lipinski definition) is 2. The molecule has 0 amide bonds. The van der Waals surface area contributed by atoms with Crippen LogP contribution in [0.25, 0.3) is 0 Å². The minimum atomic E-state index is -0.659. The Hall–Kier alpha value is -0.660. The first-order valence-corrected chi connectivity index (χ1v) is 9.79. The van der Waals surface area contributed by atoms with Crippen LogP contribution in [0.3, 0.4) is 0 Å². The van der Waals surface area contributed by atoms with Crippen molar-refractivity contribution in [2.45, 2.75) is 65.0 Å². The molecule has 0 radical (unpaired) electrons. The molecule has 0 aliphatic carbocycles. The zero-order valence-electron chi connectivity index (χ0n) is 16.8. The third-order valence-corrected chi connectivity index (χ3v) is 4.00. The van der Waals surface area contributed by atoms with Gasteiger partial charge >= 0.3 is 0 Å². The normalized spacial score (nSPS) is 15.0. The molecule has 150 valence electrons. The van der Waals surface area contributed by atoms with E-state index in [4.69, 9.17) is 9.47 Å². The van der Waals surface area contributed by atoms with Crippen LogP contribution in [0.1, 0.15) is 41.5 Å². The standard InChI is InChI=1S/C20H34BrNO4/c1-19(2,3)25-13-17(23)11-22(16-9-7-15(21)8-10-16)12-18(24)14-26-20(4,5)6/h7-10,17-18,23-24H,11-14H2,1-6H3. The quantitative estimate of drug-likeness (QED) is 0.625. The summed E-state index contributed by atoms with van der Waals surface area (Å²) in [6, 6.07) is 7.80. The number of ether oxygens (including phenoxy) is 2. The maximum absolute atomic E-state index is 10.4. The van der Waals surface area contributed by atoms with Crippen molar-refractivity contribution in [2.75, 3.05) is 31.2 Å². The Morgan fingerprint density at radius 2 is 1.23 bits per heavy atom. The highest BCUT2D eigenvalue weighted by atomic mass is 79.9. The van der Waals surface area contributed by atoms with Crippen LogP contribution in [-0.2, 0) is 9.47 Å². The maximum atomic E-state index is 10.4. The van der Waals surface area contributed by atoms with Crippen LogP contribution in [0.2, 0.25) is 0 Å². The molecular weight excluding hydrogens is 398 g/mol. The molecule has 2 atom stereocenters. The van der Waals surface area contributed by atoms with Crippen LogP contribution in [0, 0.1) is 0 Å². The molecule has 0 spiro atoms. The lowest BCUT2D eigenvalue weighted by atomic mass is 10.2. The number of aliphatic hydroxyl groups excluding tert-OH is 2. The smallest absolute Gasteiger partial charge is 0.0948 e. The number of halogens is 1. The Morgan fingerprint density at radius 3 is 1.58 bits per heavy atom. The van der Waals surface area contributed by atoms with E-state index in [1.807, 2.05) is 70.7 Å². The van der Waals surface area contributed by atoms with Crippen LogP contribution in [0.4, 0.5) is 5.69 Å². The van der Waals surface area contributed by atoms with Gasteiger partial charge in [-0.15, -0.1) is 0 Å². The number of anilines is 1. The van der Waals surface area contributed by atoms with Gasteiger partial charge in [0.05, 0.1) is 36.6 Å². The average Bonchev–Trinajstić information content (AvgIpc) is 2.50. The van der Waals surface area contributed by atoms with E-state index in [1.165, 1.54) is 0 Å². The van der Waals surface area contributed by atoms with Gasteiger partial charge < -0.3 is 24.6 Å². The third-order valence-electron chi connectivity index (χ3n) is 3.47. The topological polar surface area (TPSA) is 62.2 Å². The van der Waals surface area contributed by atoms with Crippen molar-refractivity contribution in [2.24, 2.45) is 0 Å². The zero-order chi connectivity index (χ0) is 20.0. The van der Waals surface area contributed by atoms with E-state index in [9.17, 15) is 10.2 Å². The van der Waals surface area contributed by atoms with E-state index in [0.717, 1.165) is 10.2 Å². The van der Waals surface area contributed by atoms with Crippen molar-refractivity contribution in [3.8, 4) is 0 Å². The van der Waals surface area contributed by atoms with Crippen molar-refractivity contribution in [1.82, 2.24) is 0 Å². The second-order valence-corrected chi connectivity index (χ2v) is 9.45. The molecule has 0 aromatic heterocycles. The van der Waals surface area contributed by atoms with Crippen molar-refractivity contribution >= 4 is 21.6 Å². The van der Waals surface area contributed by atoms with Gasteiger partial charge in [-0.2, -0.15) is 0 Å². The monoisotopic (exact) mass is 431 g/mol.